The molecule has 1 amide bonds. The fourth-order valence-corrected chi connectivity index (χ4v) is 2.91. The van der Waals surface area contributed by atoms with Gasteiger partial charge in [0.2, 0.25) is 11.9 Å². The molecule has 0 unspecified atom stereocenters. The maximum absolute atomic E-state index is 12.3. The zero-order valence-corrected chi connectivity index (χ0v) is 13.6. The summed E-state index contributed by atoms with van der Waals surface area (Å²) in [6.45, 7) is 0. The largest absolute Gasteiger partial charge is 0.393 e. The second kappa shape index (κ2) is 7.39. The van der Waals surface area contributed by atoms with Crippen molar-refractivity contribution in [1.82, 2.24) is 25.5 Å². The Hall–Kier alpha value is -2.81. The Morgan fingerprint density at radius 1 is 1.40 bits per heavy atom. The van der Waals surface area contributed by atoms with Crippen LogP contribution in [0.2, 0.25) is 0 Å². The number of carbonyl (C=O) groups is 1. The molecule has 3 rings (SSSR count). The first-order valence-corrected chi connectivity index (χ1v) is 8.12. The van der Waals surface area contributed by atoms with E-state index in [2.05, 4.69) is 25.5 Å². The molecule has 1 saturated carbocycles. The summed E-state index contributed by atoms with van der Waals surface area (Å²) in [6.07, 6.45) is 2.87. The van der Waals surface area contributed by atoms with Gasteiger partial charge in [-0.05, 0) is 30.9 Å². The molecule has 0 radical (unpaired) electrons. The van der Waals surface area contributed by atoms with Crippen molar-refractivity contribution in [1.29, 1.82) is 0 Å². The number of hydrogen-bond acceptors (Lipinski definition) is 7. The molecule has 1 aliphatic carbocycles. The van der Waals surface area contributed by atoms with Crippen molar-refractivity contribution >= 4 is 11.9 Å². The predicted molar refractivity (Wildman–Crippen MR) is 89.2 cm³/mol. The minimum atomic E-state index is -0.441. The van der Waals surface area contributed by atoms with E-state index in [0.717, 1.165) is 5.69 Å². The number of aromatic nitrogens is 4. The summed E-state index contributed by atoms with van der Waals surface area (Å²) < 4.78 is 0. The number of anilines is 1. The highest BCUT2D eigenvalue weighted by Gasteiger charge is 2.36. The summed E-state index contributed by atoms with van der Waals surface area (Å²) in [7, 11) is 0. The number of aliphatic hydroxyl groups excluding tert-OH is 1. The van der Waals surface area contributed by atoms with Gasteiger partial charge in [-0.2, -0.15) is 0 Å². The van der Waals surface area contributed by atoms with Crippen molar-refractivity contribution in [3.8, 4) is 0 Å². The van der Waals surface area contributed by atoms with E-state index >= 15 is 0 Å². The summed E-state index contributed by atoms with van der Waals surface area (Å²) in [5.41, 5.74) is 5.83. The first-order valence-electron chi connectivity index (χ1n) is 8.12. The third kappa shape index (κ3) is 4.18. The number of nitrogens with zero attached hydrogens (tertiary/aromatic N) is 3. The average molecular weight is 344 g/mol. The predicted octanol–water partition coefficient (Wildman–Crippen LogP) is -0.297. The van der Waals surface area contributed by atoms with Gasteiger partial charge in [-0.25, -0.2) is 0 Å². The average Bonchev–Trinajstić information content (AvgIpc) is 2.57. The molecular formula is C16H20N6O3. The van der Waals surface area contributed by atoms with E-state index in [9.17, 15) is 14.7 Å². The topological polar surface area (TPSA) is 147 Å². The molecular weight excluding hydrogens is 324 g/mol. The Morgan fingerprint density at radius 2 is 2.20 bits per heavy atom. The second-order valence-electron chi connectivity index (χ2n) is 6.17. The smallest absolute Gasteiger partial charge is 0.274 e. The number of nitrogens with two attached hydrogens (primary N) is 1. The highest BCUT2D eigenvalue weighted by atomic mass is 16.3. The number of aliphatic hydroxyl groups is 1. The van der Waals surface area contributed by atoms with Crippen molar-refractivity contribution in [3.63, 3.8) is 0 Å². The first-order chi connectivity index (χ1) is 12.0. The number of carbonyl (C=O) groups excluding carboxylic acids is 1. The zero-order valence-electron chi connectivity index (χ0n) is 13.6. The van der Waals surface area contributed by atoms with Crippen molar-refractivity contribution < 1.29 is 9.90 Å². The Bertz CT molecular complexity index is 788. The molecule has 25 heavy (non-hydrogen) atoms. The normalized spacial score (nSPS) is 20.5. The van der Waals surface area contributed by atoms with E-state index in [-0.39, 0.29) is 48.5 Å². The Balaban J connectivity index is 1.63. The molecule has 1 atom stereocenters. The highest BCUT2D eigenvalue weighted by Crippen LogP contribution is 2.37. The lowest BCUT2D eigenvalue weighted by Crippen LogP contribution is -2.42. The fraction of sp³-hybridized carbons (Fsp3) is 0.438. The van der Waals surface area contributed by atoms with Gasteiger partial charge in [-0.15, -0.1) is 10.2 Å². The molecule has 132 valence electrons. The third-order valence-electron chi connectivity index (χ3n) is 4.31. The standard InChI is InChI=1S/C16H20N6O3/c17-16-20-15(25)12(21-22-16)4-5-13(24)19-14(9-7-10(23)8-9)11-3-1-2-6-18-11/h1-3,6,9-10,14,23H,4-5,7-8H2,(H,19,24)(H3,17,20,22,25)/t9?,10?,14-/m1/s1. The maximum Gasteiger partial charge on any atom is 0.274 e. The molecule has 9 nitrogen and oxygen atoms in total. The van der Waals surface area contributed by atoms with Gasteiger partial charge in [0.1, 0.15) is 5.69 Å². The Morgan fingerprint density at radius 3 is 2.84 bits per heavy atom. The third-order valence-corrected chi connectivity index (χ3v) is 4.31. The van der Waals surface area contributed by atoms with Crippen LogP contribution in [-0.2, 0) is 11.2 Å². The SMILES string of the molecule is Nc1nnc(CCC(=O)N[C@@H](c2ccccn2)C2CC(O)C2)c(=O)[nH]1. The van der Waals surface area contributed by atoms with Crippen molar-refractivity contribution in [2.24, 2.45) is 5.92 Å². The van der Waals surface area contributed by atoms with Crippen molar-refractivity contribution in [3.05, 3.63) is 46.1 Å². The van der Waals surface area contributed by atoms with Crippen molar-refractivity contribution in [2.75, 3.05) is 5.73 Å². The quantitative estimate of drug-likeness (QED) is 0.562. The maximum atomic E-state index is 12.3. The lowest BCUT2D eigenvalue weighted by Gasteiger charge is -2.37. The number of rotatable bonds is 6. The number of hydrogen-bond donors (Lipinski definition) is 4. The Labute approximate surface area is 143 Å². The molecule has 0 saturated heterocycles. The van der Waals surface area contributed by atoms with Gasteiger partial charge in [-0.3, -0.25) is 19.6 Å². The van der Waals surface area contributed by atoms with E-state index in [4.69, 9.17) is 5.73 Å². The molecule has 5 N–H and O–H groups in total. The van der Waals surface area contributed by atoms with Gasteiger partial charge in [0.05, 0.1) is 17.8 Å². The van der Waals surface area contributed by atoms with E-state index in [0.29, 0.717) is 12.8 Å². The van der Waals surface area contributed by atoms with Crippen LogP contribution < -0.4 is 16.6 Å². The lowest BCUT2D eigenvalue weighted by molar-refractivity contribution is -0.123. The summed E-state index contributed by atoms with van der Waals surface area (Å²) >= 11 is 0. The van der Waals surface area contributed by atoms with Crippen LogP contribution >= 0.6 is 0 Å². The molecule has 1 fully saturated rings. The molecule has 2 heterocycles. The van der Waals surface area contributed by atoms with E-state index in [1.54, 1.807) is 6.20 Å². The van der Waals surface area contributed by atoms with Crippen LogP contribution in [0.1, 0.15) is 36.7 Å². The van der Waals surface area contributed by atoms with Gasteiger partial charge in [-0.1, -0.05) is 6.07 Å². The number of amides is 1. The number of aromatic amines is 1. The summed E-state index contributed by atoms with van der Waals surface area (Å²) in [5, 5.41) is 19.8. The van der Waals surface area contributed by atoms with Crippen LogP contribution in [0, 0.1) is 5.92 Å². The minimum Gasteiger partial charge on any atom is -0.393 e. The van der Waals surface area contributed by atoms with Crippen LogP contribution in [0.25, 0.3) is 0 Å². The van der Waals surface area contributed by atoms with Gasteiger partial charge in [0.15, 0.2) is 0 Å². The number of H-pyrrole nitrogens is 1. The number of nitrogens with one attached hydrogen (secondary N) is 2. The molecule has 1 aliphatic rings. The van der Waals surface area contributed by atoms with E-state index in [1.165, 1.54) is 0 Å². The van der Waals surface area contributed by atoms with Gasteiger partial charge in [0, 0.05) is 19.0 Å². The van der Waals surface area contributed by atoms with Crippen molar-refractivity contribution in [2.45, 2.75) is 37.8 Å². The van der Waals surface area contributed by atoms with Gasteiger partial charge in [0.25, 0.3) is 5.56 Å². The fourth-order valence-electron chi connectivity index (χ4n) is 2.91. The molecule has 0 aromatic carbocycles. The molecule has 0 spiro atoms. The van der Waals surface area contributed by atoms with Crippen LogP contribution in [0.3, 0.4) is 0 Å². The van der Waals surface area contributed by atoms with Crippen LogP contribution in [0.4, 0.5) is 5.95 Å². The van der Waals surface area contributed by atoms with E-state index < -0.39 is 5.56 Å². The minimum absolute atomic E-state index is 0.0584. The molecule has 0 aliphatic heterocycles. The lowest BCUT2D eigenvalue weighted by atomic mass is 9.76. The summed E-state index contributed by atoms with van der Waals surface area (Å²) in [6, 6.07) is 5.27. The first kappa shape index (κ1) is 17.0. The summed E-state index contributed by atoms with van der Waals surface area (Å²) in [4.78, 5) is 30.7. The molecule has 2 aromatic rings. The number of aryl methyl sites for hydroxylation is 1. The number of nitrogen functional groups attached to an aromatic ring is 1. The molecule has 9 heteroatoms. The Kier molecular flexibility index (Phi) is 5.03. The van der Waals surface area contributed by atoms with Gasteiger partial charge >= 0.3 is 0 Å². The zero-order chi connectivity index (χ0) is 17.8. The summed E-state index contributed by atoms with van der Waals surface area (Å²) in [5.74, 6) is -0.124. The van der Waals surface area contributed by atoms with Gasteiger partial charge < -0.3 is 16.2 Å². The number of pyridine rings is 1. The highest BCUT2D eigenvalue weighted by molar-refractivity contribution is 5.76. The monoisotopic (exact) mass is 344 g/mol. The van der Waals surface area contributed by atoms with E-state index in [1.807, 2.05) is 18.2 Å². The second-order valence-corrected chi connectivity index (χ2v) is 6.17. The van der Waals surface area contributed by atoms with Crippen LogP contribution in [0.15, 0.2) is 29.2 Å². The molecule has 2 aromatic heterocycles. The van der Waals surface area contributed by atoms with Crippen LogP contribution in [-0.4, -0.2) is 37.3 Å². The van der Waals surface area contributed by atoms with Crippen LogP contribution in [0.5, 0.6) is 0 Å². The molecule has 0 bridgehead atoms.